The van der Waals surface area contributed by atoms with Gasteiger partial charge in [0.2, 0.25) is 0 Å². The molecular formula is C36H50O11. The number of allylic oxidation sites excluding steroid dienone is 1. The lowest BCUT2D eigenvalue weighted by atomic mass is 9.35. The highest BCUT2D eigenvalue weighted by Gasteiger charge is 2.78. The number of rotatable bonds is 7. The fourth-order valence-electron chi connectivity index (χ4n) is 10.4. The Balaban J connectivity index is 1.82. The molecule has 1 aromatic rings. The third-order valence-electron chi connectivity index (χ3n) is 12.9. The number of methoxy groups -OCH3 is 1. The fourth-order valence-corrected chi connectivity index (χ4v) is 10.4. The van der Waals surface area contributed by atoms with Crippen molar-refractivity contribution < 1.29 is 52.8 Å². The molecule has 5 rings (SSSR count). The van der Waals surface area contributed by atoms with E-state index in [0.29, 0.717) is 12.8 Å². The number of aliphatic hydroxyl groups excluding tert-OH is 2. The molecule has 260 valence electrons. The quantitative estimate of drug-likeness (QED) is 0.242. The van der Waals surface area contributed by atoms with Crippen LogP contribution in [0.1, 0.15) is 92.6 Å². The highest BCUT2D eigenvalue weighted by atomic mass is 16.6. The summed E-state index contributed by atoms with van der Waals surface area (Å²) in [5.74, 6) is -4.67. The van der Waals surface area contributed by atoms with E-state index in [1.54, 1.807) is 26.4 Å². The van der Waals surface area contributed by atoms with Gasteiger partial charge >= 0.3 is 23.9 Å². The van der Waals surface area contributed by atoms with Crippen LogP contribution < -0.4 is 0 Å². The van der Waals surface area contributed by atoms with Gasteiger partial charge in [-0.2, -0.15) is 0 Å². The summed E-state index contributed by atoms with van der Waals surface area (Å²) in [7, 11) is 1.25. The van der Waals surface area contributed by atoms with Crippen molar-refractivity contribution in [3.63, 3.8) is 0 Å². The molecule has 0 amide bonds. The Morgan fingerprint density at radius 2 is 1.64 bits per heavy atom. The minimum absolute atomic E-state index is 0.0534. The van der Waals surface area contributed by atoms with Crippen LogP contribution in [0.15, 0.2) is 34.7 Å². The molecule has 13 atom stereocenters. The lowest BCUT2D eigenvalue weighted by Gasteiger charge is -2.71. The molecule has 3 fully saturated rings. The van der Waals surface area contributed by atoms with Crippen molar-refractivity contribution in [3.05, 3.63) is 35.8 Å². The standard InChI is InChI=1S/C36H50O11/c1-10-18(2)31(41)47-30-28(46-20(4)38)29-34(6,23-12-11-22(33(23,30)5)21-13-14-44-17-21)25(39)15-24-35(7,32(42)43-9)26(40)16-27(36(24,29)8)45-19(3)37/h12-14,17-18,22,24-30,39-40H,10-11,15-16H2,1-9H3/t18?,22-,24?,25+,26+,27-,28?,29?,30-,33-,34+,35-,36+/m0/s1. The molecule has 4 unspecified atom stereocenters. The molecular weight excluding hydrogens is 608 g/mol. The number of esters is 4. The highest BCUT2D eigenvalue weighted by Crippen LogP contribution is 2.74. The SMILES string of the molecule is CCC(C)C(=O)O[C@H]1C(OC(C)=O)C2[C@]3(C)C(C[C@@H](O)[C@@]2(C)C2=CC[C@@H](c4ccoc4)[C@@]21C)[C@](C)(C(=O)OC)[C@H](O)C[C@@H]3OC(C)=O. The summed E-state index contributed by atoms with van der Waals surface area (Å²) in [6.07, 6.45) is 0.852. The van der Waals surface area contributed by atoms with Crippen LogP contribution in [-0.4, -0.2) is 71.7 Å². The summed E-state index contributed by atoms with van der Waals surface area (Å²) in [5.41, 5.74) is -3.08. The minimum atomic E-state index is -1.52. The monoisotopic (exact) mass is 658 g/mol. The maximum atomic E-state index is 13.7. The molecule has 0 aromatic carbocycles. The van der Waals surface area contributed by atoms with Crippen LogP contribution in [0.25, 0.3) is 0 Å². The average Bonchev–Trinajstić information content (AvgIpc) is 3.66. The predicted octanol–water partition coefficient (Wildman–Crippen LogP) is 4.49. The van der Waals surface area contributed by atoms with Gasteiger partial charge in [0.25, 0.3) is 0 Å². The number of carbonyl (C=O) groups excluding carboxylic acids is 4. The van der Waals surface area contributed by atoms with Crippen molar-refractivity contribution >= 4 is 23.9 Å². The zero-order chi connectivity index (χ0) is 34.9. The Hall–Kier alpha value is -3.18. The van der Waals surface area contributed by atoms with Gasteiger partial charge in [-0.3, -0.25) is 19.2 Å². The molecule has 0 saturated heterocycles. The van der Waals surface area contributed by atoms with E-state index in [4.69, 9.17) is 23.4 Å². The first-order chi connectivity index (χ1) is 21.9. The molecule has 1 aromatic heterocycles. The van der Waals surface area contributed by atoms with Crippen LogP contribution in [0, 0.1) is 39.4 Å². The molecule has 47 heavy (non-hydrogen) atoms. The average molecular weight is 659 g/mol. The number of hydrogen-bond acceptors (Lipinski definition) is 11. The first-order valence-corrected chi connectivity index (χ1v) is 16.7. The highest BCUT2D eigenvalue weighted by molar-refractivity contribution is 5.78. The molecule has 0 bridgehead atoms. The first-order valence-electron chi connectivity index (χ1n) is 16.7. The van der Waals surface area contributed by atoms with Gasteiger partial charge in [-0.25, -0.2) is 0 Å². The topological polar surface area (TPSA) is 159 Å². The molecule has 11 heteroatoms. The second-order valence-electron chi connectivity index (χ2n) is 15.0. The molecule has 0 aliphatic heterocycles. The second-order valence-corrected chi connectivity index (χ2v) is 15.0. The Bertz CT molecular complexity index is 1430. The van der Waals surface area contributed by atoms with Gasteiger partial charge in [-0.1, -0.05) is 46.3 Å². The van der Waals surface area contributed by atoms with Gasteiger partial charge in [0, 0.05) is 48.3 Å². The molecule has 1 heterocycles. The van der Waals surface area contributed by atoms with E-state index in [9.17, 15) is 29.4 Å². The molecule has 3 saturated carbocycles. The number of hydrogen-bond donors (Lipinski definition) is 2. The Morgan fingerprint density at radius 1 is 0.979 bits per heavy atom. The van der Waals surface area contributed by atoms with Crippen molar-refractivity contribution in [2.24, 2.45) is 39.4 Å². The molecule has 11 nitrogen and oxygen atoms in total. The van der Waals surface area contributed by atoms with E-state index < -0.39 is 93.8 Å². The Morgan fingerprint density at radius 3 is 2.19 bits per heavy atom. The van der Waals surface area contributed by atoms with Crippen molar-refractivity contribution in [1.29, 1.82) is 0 Å². The summed E-state index contributed by atoms with van der Waals surface area (Å²) >= 11 is 0. The summed E-state index contributed by atoms with van der Waals surface area (Å²) in [4.78, 5) is 53.1. The smallest absolute Gasteiger partial charge is 0.314 e. The van der Waals surface area contributed by atoms with Gasteiger partial charge in [0.1, 0.15) is 18.3 Å². The largest absolute Gasteiger partial charge is 0.472 e. The lowest BCUT2D eigenvalue weighted by Crippen LogP contribution is -2.76. The van der Waals surface area contributed by atoms with Crippen LogP contribution in [0.2, 0.25) is 0 Å². The van der Waals surface area contributed by atoms with E-state index in [1.807, 2.05) is 33.8 Å². The van der Waals surface area contributed by atoms with Crippen LogP contribution in [-0.2, 0) is 38.1 Å². The Kier molecular flexibility index (Phi) is 9.01. The van der Waals surface area contributed by atoms with Gasteiger partial charge in [-0.15, -0.1) is 0 Å². The van der Waals surface area contributed by atoms with Gasteiger partial charge in [0.05, 0.1) is 43.2 Å². The lowest BCUT2D eigenvalue weighted by molar-refractivity contribution is -0.293. The van der Waals surface area contributed by atoms with E-state index in [0.717, 1.165) is 11.1 Å². The number of carbonyl (C=O) groups is 4. The van der Waals surface area contributed by atoms with E-state index in [2.05, 4.69) is 6.08 Å². The molecule has 0 radical (unpaired) electrons. The maximum absolute atomic E-state index is 13.7. The molecule has 4 aliphatic carbocycles. The van der Waals surface area contributed by atoms with Crippen LogP contribution >= 0.6 is 0 Å². The van der Waals surface area contributed by atoms with Crippen LogP contribution in [0.4, 0.5) is 0 Å². The summed E-state index contributed by atoms with van der Waals surface area (Å²) < 4.78 is 29.5. The van der Waals surface area contributed by atoms with Crippen molar-refractivity contribution in [2.75, 3.05) is 7.11 Å². The maximum Gasteiger partial charge on any atom is 0.314 e. The number of furan rings is 1. The van der Waals surface area contributed by atoms with Gasteiger partial charge in [-0.05, 0) is 43.7 Å². The Labute approximate surface area is 276 Å². The number of fused-ring (bicyclic) bond motifs is 5. The summed E-state index contributed by atoms with van der Waals surface area (Å²) in [6.45, 7) is 13.6. The number of ether oxygens (including phenoxy) is 4. The fraction of sp³-hybridized carbons (Fsp3) is 0.722. The van der Waals surface area contributed by atoms with Crippen molar-refractivity contribution in [1.82, 2.24) is 0 Å². The van der Waals surface area contributed by atoms with E-state index in [-0.39, 0.29) is 18.8 Å². The minimum Gasteiger partial charge on any atom is -0.472 e. The predicted molar refractivity (Wildman–Crippen MR) is 167 cm³/mol. The zero-order valence-electron chi connectivity index (χ0n) is 28.9. The van der Waals surface area contributed by atoms with E-state index in [1.165, 1.54) is 21.0 Å². The molecule has 2 N–H and O–H groups in total. The third kappa shape index (κ3) is 4.89. The number of aliphatic hydroxyl groups is 2. The van der Waals surface area contributed by atoms with Crippen LogP contribution in [0.5, 0.6) is 0 Å². The molecule has 0 spiro atoms. The third-order valence-corrected chi connectivity index (χ3v) is 12.9. The summed E-state index contributed by atoms with van der Waals surface area (Å²) in [6, 6.07) is 1.87. The first kappa shape index (κ1) is 35.1. The second kappa shape index (κ2) is 12.1. The van der Waals surface area contributed by atoms with Crippen LogP contribution in [0.3, 0.4) is 0 Å². The van der Waals surface area contributed by atoms with E-state index >= 15 is 0 Å². The van der Waals surface area contributed by atoms with Crippen molar-refractivity contribution in [3.8, 4) is 0 Å². The van der Waals surface area contributed by atoms with Crippen molar-refractivity contribution in [2.45, 2.75) is 118 Å². The van der Waals surface area contributed by atoms with Gasteiger partial charge < -0.3 is 33.6 Å². The molecule has 4 aliphatic rings. The zero-order valence-corrected chi connectivity index (χ0v) is 28.9. The normalized spacial score (nSPS) is 42.9. The summed E-state index contributed by atoms with van der Waals surface area (Å²) in [5, 5.41) is 24.0. The van der Waals surface area contributed by atoms with Gasteiger partial charge in [0.15, 0.2) is 0 Å².